The van der Waals surface area contributed by atoms with E-state index in [-0.39, 0.29) is 12.1 Å². The predicted molar refractivity (Wildman–Crippen MR) is 71.0 cm³/mol. The van der Waals surface area contributed by atoms with Gasteiger partial charge >= 0.3 is 0 Å². The van der Waals surface area contributed by atoms with Crippen LogP contribution in [0, 0.1) is 5.92 Å². The van der Waals surface area contributed by atoms with Crippen molar-refractivity contribution in [2.45, 2.75) is 57.9 Å². The average Bonchev–Trinajstić information content (AvgIpc) is 2.38. The minimum Gasteiger partial charge on any atom is -0.396 e. The van der Waals surface area contributed by atoms with Crippen LogP contribution in [0.3, 0.4) is 0 Å². The van der Waals surface area contributed by atoms with E-state index in [1.165, 1.54) is 0 Å². The summed E-state index contributed by atoms with van der Waals surface area (Å²) in [6.07, 6.45) is 6.47. The molecular weight excluding hydrogens is 214 g/mol. The fraction of sp³-hybridized carbons (Fsp3) is 1.00. The van der Waals surface area contributed by atoms with Crippen LogP contribution in [-0.4, -0.2) is 47.0 Å². The van der Waals surface area contributed by atoms with Gasteiger partial charge in [-0.15, -0.1) is 0 Å². The van der Waals surface area contributed by atoms with Crippen LogP contribution in [0.5, 0.6) is 0 Å². The Kier molecular flexibility index (Phi) is 6.45. The molecule has 1 aliphatic rings. The molecule has 0 saturated heterocycles. The Morgan fingerprint density at radius 3 is 1.94 bits per heavy atom. The SMILES string of the molecule is CCCN(CCC)C1(CO)CCC(CO)CC1. The zero-order valence-corrected chi connectivity index (χ0v) is 11.5. The first kappa shape index (κ1) is 14.9. The topological polar surface area (TPSA) is 43.7 Å². The van der Waals surface area contributed by atoms with Crippen molar-refractivity contribution in [2.24, 2.45) is 5.92 Å². The molecule has 1 saturated carbocycles. The van der Waals surface area contributed by atoms with Crippen LogP contribution in [0.2, 0.25) is 0 Å². The maximum absolute atomic E-state index is 9.82. The van der Waals surface area contributed by atoms with Crippen LogP contribution in [-0.2, 0) is 0 Å². The first-order valence-corrected chi connectivity index (χ1v) is 7.19. The van der Waals surface area contributed by atoms with Gasteiger partial charge in [-0.1, -0.05) is 13.8 Å². The average molecular weight is 243 g/mol. The van der Waals surface area contributed by atoms with Crippen molar-refractivity contribution in [1.82, 2.24) is 4.90 Å². The summed E-state index contributed by atoms with van der Waals surface area (Å²) in [4.78, 5) is 2.49. The van der Waals surface area contributed by atoms with E-state index < -0.39 is 0 Å². The van der Waals surface area contributed by atoms with Gasteiger partial charge in [0.2, 0.25) is 0 Å². The summed E-state index contributed by atoms with van der Waals surface area (Å²) in [6.45, 7) is 7.14. The van der Waals surface area contributed by atoms with Crippen LogP contribution >= 0.6 is 0 Å². The van der Waals surface area contributed by atoms with Crippen molar-refractivity contribution < 1.29 is 10.2 Å². The summed E-state index contributed by atoms with van der Waals surface area (Å²) < 4.78 is 0. The molecule has 17 heavy (non-hydrogen) atoms. The zero-order chi connectivity index (χ0) is 12.7. The summed E-state index contributed by atoms with van der Waals surface area (Å²) in [5, 5.41) is 19.0. The summed E-state index contributed by atoms with van der Waals surface area (Å²) in [7, 11) is 0. The van der Waals surface area contributed by atoms with E-state index in [2.05, 4.69) is 18.7 Å². The maximum atomic E-state index is 9.82. The number of hydrogen-bond donors (Lipinski definition) is 2. The largest absolute Gasteiger partial charge is 0.396 e. The Morgan fingerprint density at radius 1 is 1.06 bits per heavy atom. The lowest BCUT2D eigenvalue weighted by atomic mass is 9.76. The predicted octanol–water partition coefficient (Wildman–Crippen LogP) is 2.02. The lowest BCUT2D eigenvalue weighted by Crippen LogP contribution is -2.54. The second kappa shape index (κ2) is 7.34. The smallest absolute Gasteiger partial charge is 0.0615 e. The molecule has 0 heterocycles. The molecule has 0 aliphatic heterocycles. The number of rotatable bonds is 7. The molecule has 102 valence electrons. The van der Waals surface area contributed by atoms with E-state index in [1.807, 2.05) is 0 Å². The Morgan fingerprint density at radius 2 is 1.59 bits per heavy atom. The van der Waals surface area contributed by atoms with Crippen LogP contribution in [0.1, 0.15) is 52.4 Å². The van der Waals surface area contributed by atoms with Crippen molar-refractivity contribution in [2.75, 3.05) is 26.3 Å². The molecule has 0 aromatic carbocycles. The van der Waals surface area contributed by atoms with Gasteiger partial charge in [-0.3, -0.25) is 4.90 Å². The van der Waals surface area contributed by atoms with E-state index in [0.29, 0.717) is 12.5 Å². The van der Waals surface area contributed by atoms with E-state index in [9.17, 15) is 10.2 Å². The van der Waals surface area contributed by atoms with Crippen molar-refractivity contribution in [3.63, 3.8) is 0 Å². The fourth-order valence-electron chi connectivity index (χ4n) is 3.10. The van der Waals surface area contributed by atoms with Gasteiger partial charge in [-0.25, -0.2) is 0 Å². The van der Waals surface area contributed by atoms with Gasteiger partial charge in [-0.05, 0) is 57.5 Å². The summed E-state index contributed by atoms with van der Waals surface area (Å²) in [5.41, 5.74) is -0.00229. The van der Waals surface area contributed by atoms with Gasteiger partial charge in [0.1, 0.15) is 0 Å². The maximum Gasteiger partial charge on any atom is 0.0615 e. The first-order chi connectivity index (χ1) is 8.22. The highest BCUT2D eigenvalue weighted by Gasteiger charge is 2.38. The molecule has 1 rings (SSSR count). The van der Waals surface area contributed by atoms with Gasteiger partial charge in [0, 0.05) is 12.1 Å². The van der Waals surface area contributed by atoms with Crippen molar-refractivity contribution in [1.29, 1.82) is 0 Å². The molecule has 2 N–H and O–H groups in total. The Labute approximate surface area is 106 Å². The molecular formula is C14H29NO2. The second-order valence-electron chi connectivity index (χ2n) is 5.50. The molecule has 3 nitrogen and oxygen atoms in total. The monoisotopic (exact) mass is 243 g/mol. The van der Waals surface area contributed by atoms with Crippen LogP contribution in [0.15, 0.2) is 0 Å². The summed E-state index contributed by atoms with van der Waals surface area (Å²) >= 11 is 0. The highest BCUT2D eigenvalue weighted by Crippen LogP contribution is 2.36. The molecule has 3 heteroatoms. The molecule has 0 aromatic rings. The standard InChI is InChI=1S/C14H29NO2/c1-3-9-15(10-4-2)14(12-17)7-5-13(11-16)6-8-14/h13,16-17H,3-12H2,1-2H3. The third kappa shape index (κ3) is 3.67. The molecule has 0 radical (unpaired) electrons. The van der Waals surface area contributed by atoms with Gasteiger partial charge in [0.15, 0.2) is 0 Å². The fourth-order valence-corrected chi connectivity index (χ4v) is 3.10. The molecule has 0 spiro atoms. The zero-order valence-electron chi connectivity index (χ0n) is 11.5. The van der Waals surface area contributed by atoms with Crippen LogP contribution < -0.4 is 0 Å². The quantitative estimate of drug-likeness (QED) is 0.719. The molecule has 1 fully saturated rings. The van der Waals surface area contributed by atoms with E-state index in [4.69, 9.17) is 0 Å². The highest BCUT2D eigenvalue weighted by molar-refractivity contribution is 4.94. The van der Waals surface area contributed by atoms with E-state index in [0.717, 1.165) is 51.6 Å². The molecule has 0 unspecified atom stereocenters. The summed E-state index contributed by atoms with van der Waals surface area (Å²) in [6, 6.07) is 0. The minimum absolute atomic E-state index is 0.00229. The first-order valence-electron chi connectivity index (χ1n) is 7.19. The highest BCUT2D eigenvalue weighted by atomic mass is 16.3. The van der Waals surface area contributed by atoms with E-state index in [1.54, 1.807) is 0 Å². The molecule has 0 atom stereocenters. The van der Waals surface area contributed by atoms with Crippen molar-refractivity contribution in [3.05, 3.63) is 0 Å². The van der Waals surface area contributed by atoms with E-state index >= 15 is 0 Å². The Bertz CT molecular complexity index is 194. The molecule has 0 amide bonds. The third-order valence-corrected chi connectivity index (χ3v) is 4.25. The van der Waals surface area contributed by atoms with Crippen molar-refractivity contribution in [3.8, 4) is 0 Å². The van der Waals surface area contributed by atoms with Crippen molar-refractivity contribution >= 4 is 0 Å². The lowest BCUT2D eigenvalue weighted by molar-refractivity contribution is -0.0159. The molecule has 0 bridgehead atoms. The Balaban J connectivity index is 2.65. The van der Waals surface area contributed by atoms with Gasteiger partial charge in [0.25, 0.3) is 0 Å². The van der Waals surface area contributed by atoms with Gasteiger partial charge in [-0.2, -0.15) is 0 Å². The molecule has 0 aromatic heterocycles. The normalized spacial score (nSPS) is 29.8. The number of nitrogens with zero attached hydrogens (tertiary/aromatic N) is 1. The van der Waals surface area contributed by atoms with Crippen LogP contribution in [0.4, 0.5) is 0 Å². The second-order valence-corrected chi connectivity index (χ2v) is 5.50. The van der Waals surface area contributed by atoms with Crippen LogP contribution in [0.25, 0.3) is 0 Å². The molecule has 1 aliphatic carbocycles. The minimum atomic E-state index is -0.00229. The van der Waals surface area contributed by atoms with Gasteiger partial charge < -0.3 is 10.2 Å². The third-order valence-electron chi connectivity index (χ3n) is 4.25. The summed E-state index contributed by atoms with van der Waals surface area (Å²) in [5.74, 6) is 0.458. The van der Waals surface area contributed by atoms with Gasteiger partial charge in [0.05, 0.1) is 6.61 Å². The number of aliphatic hydroxyl groups excluding tert-OH is 2. The lowest BCUT2D eigenvalue weighted by Gasteiger charge is -2.47. The number of aliphatic hydroxyl groups is 2. The number of hydrogen-bond acceptors (Lipinski definition) is 3. The Hall–Kier alpha value is -0.120.